The van der Waals surface area contributed by atoms with Crippen molar-refractivity contribution in [1.82, 2.24) is 4.90 Å². The second-order valence-corrected chi connectivity index (χ2v) is 7.27. The van der Waals surface area contributed by atoms with Gasteiger partial charge < -0.3 is 4.74 Å². The Balaban J connectivity index is 1.40. The highest BCUT2D eigenvalue weighted by atomic mass is 16.5. The van der Waals surface area contributed by atoms with Crippen LogP contribution in [0.5, 0.6) is 5.75 Å². The van der Waals surface area contributed by atoms with Crippen molar-refractivity contribution < 1.29 is 4.74 Å². The lowest BCUT2D eigenvalue weighted by Gasteiger charge is -2.34. The van der Waals surface area contributed by atoms with E-state index in [0.29, 0.717) is 12.1 Å². The molecule has 2 heteroatoms. The van der Waals surface area contributed by atoms with E-state index < -0.39 is 0 Å². The highest BCUT2D eigenvalue weighted by molar-refractivity contribution is 5.69. The van der Waals surface area contributed by atoms with Crippen LogP contribution in [0.15, 0.2) is 54.6 Å². The largest absolute Gasteiger partial charge is 0.493 e. The first-order valence-corrected chi connectivity index (χ1v) is 9.13. The summed E-state index contributed by atoms with van der Waals surface area (Å²) in [6, 6.07) is 19.0. The summed E-state index contributed by atoms with van der Waals surface area (Å²) in [7, 11) is 0. The van der Waals surface area contributed by atoms with Crippen molar-refractivity contribution in [2.75, 3.05) is 6.61 Å². The molecule has 0 aromatic heterocycles. The molecule has 0 aliphatic carbocycles. The van der Waals surface area contributed by atoms with Crippen molar-refractivity contribution in [1.29, 1.82) is 0 Å². The average molecular weight is 317 g/mol. The zero-order valence-corrected chi connectivity index (χ0v) is 13.9. The molecule has 3 aliphatic heterocycles. The van der Waals surface area contributed by atoms with Gasteiger partial charge in [0.05, 0.1) is 6.61 Å². The molecule has 2 aromatic rings. The Hall–Kier alpha value is -2.06. The summed E-state index contributed by atoms with van der Waals surface area (Å²) in [5.74, 6) is 1.09. The van der Waals surface area contributed by atoms with Crippen molar-refractivity contribution in [3.05, 3.63) is 71.3 Å². The van der Waals surface area contributed by atoms with Gasteiger partial charge in [-0.3, -0.25) is 4.90 Å². The summed E-state index contributed by atoms with van der Waals surface area (Å²) in [6.45, 7) is 1.92. The molecule has 0 saturated carbocycles. The van der Waals surface area contributed by atoms with E-state index in [-0.39, 0.29) is 0 Å². The third-order valence-corrected chi connectivity index (χ3v) is 5.81. The van der Waals surface area contributed by atoms with Gasteiger partial charge in [0.2, 0.25) is 0 Å². The summed E-state index contributed by atoms with van der Waals surface area (Å²) in [5, 5.41) is 0. The molecule has 5 rings (SSSR count). The summed E-state index contributed by atoms with van der Waals surface area (Å²) < 4.78 is 5.65. The van der Waals surface area contributed by atoms with Gasteiger partial charge in [-0.1, -0.05) is 42.5 Å². The zero-order valence-electron chi connectivity index (χ0n) is 13.9. The van der Waals surface area contributed by atoms with Gasteiger partial charge in [-0.15, -0.1) is 0 Å². The van der Waals surface area contributed by atoms with Gasteiger partial charge in [-0.2, -0.15) is 0 Å². The van der Waals surface area contributed by atoms with Crippen LogP contribution in [-0.4, -0.2) is 23.6 Å². The van der Waals surface area contributed by atoms with Gasteiger partial charge in [0.25, 0.3) is 0 Å². The third-order valence-electron chi connectivity index (χ3n) is 5.81. The predicted molar refractivity (Wildman–Crippen MR) is 97.0 cm³/mol. The first kappa shape index (κ1) is 14.3. The second kappa shape index (κ2) is 5.78. The van der Waals surface area contributed by atoms with E-state index in [4.69, 9.17) is 4.74 Å². The molecule has 2 atom stereocenters. The Morgan fingerprint density at radius 2 is 1.96 bits per heavy atom. The fourth-order valence-corrected chi connectivity index (χ4v) is 4.56. The minimum Gasteiger partial charge on any atom is -0.493 e. The molecular weight excluding hydrogens is 294 g/mol. The maximum absolute atomic E-state index is 5.65. The van der Waals surface area contributed by atoms with E-state index in [1.54, 1.807) is 5.57 Å². The fraction of sp³-hybridized carbons (Fsp3) is 0.364. The Labute approximate surface area is 143 Å². The Morgan fingerprint density at radius 3 is 2.83 bits per heavy atom. The first-order chi connectivity index (χ1) is 11.9. The van der Waals surface area contributed by atoms with Crippen LogP contribution in [0, 0.1) is 0 Å². The molecule has 2 bridgehead atoms. The SMILES string of the molecule is C1=C(c2ccc3c(c2)CCO3)CC2CCC1N2Cc1ccccc1. The lowest BCUT2D eigenvalue weighted by Crippen LogP contribution is -2.37. The van der Waals surface area contributed by atoms with Crippen molar-refractivity contribution in [2.24, 2.45) is 0 Å². The molecule has 0 spiro atoms. The summed E-state index contributed by atoms with van der Waals surface area (Å²) in [4.78, 5) is 2.70. The van der Waals surface area contributed by atoms with E-state index >= 15 is 0 Å². The van der Waals surface area contributed by atoms with Crippen LogP contribution in [0.25, 0.3) is 5.57 Å². The lowest BCUT2D eigenvalue weighted by atomic mass is 9.93. The predicted octanol–water partition coefficient (Wildman–Crippen LogP) is 4.44. The van der Waals surface area contributed by atoms with Crippen LogP contribution in [0.1, 0.15) is 36.0 Å². The normalized spacial score (nSPS) is 25.2. The minimum atomic E-state index is 0.600. The molecule has 0 N–H and O–H groups in total. The highest BCUT2D eigenvalue weighted by Crippen LogP contribution is 2.40. The van der Waals surface area contributed by atoms with Crippen LogP contribution in [0.3, 0.4) is 0 Å². The van der Waals surface area contributed by atoms with Crippen molar-refractivity contribution in [3.63, 3.8) is 0 Å². The number of hydrogen-bond donors (Lipinski definition) is 0. The molecule has 1 saturated heterocycles. The lowest BCUT2D eigenvalue weighted by molar-refractivity contribution is 0.203. The van der Waals surface area contributed by atoms with Gasteiger partial charge in [-0.25, -0.2) is 0 Å². The van der Waals surface area contributed by atoms with E-state index in [0.717, 1.165) is 25.3 Å². The molecule has 122 valence electrons. The summed E-state index contributed by atoms with van der Waals surface area (Å²) in [6.07, 6.45) is 7.40. The molecule has 1 fully saturated rings. The maximum Gasteiger partial charge on any atom is 0.122 e. The number of hydrogen-bond acceptors (Lipinski definition) is 2. The van der Waals surface area contributed by atoms with Gasteiger partial charge in [0, 0.05) is 25.0 Å². The van der Waals surface area contributed by atoms with Crippen LogP contribution < -0.4 is 4.74 Å². The first-order valence-electron chi connectivity index (χ1n) is 9.13. The number of benzene rings is 2. The Bertz CT molecular complexity index is 780. The standard InChI is InChI=1S/C22H23NO/c1-2-4-16(5-3-1)15-23-20-7-8-21(23)14-19(13-20)17-6-9-22-18(12-17)10-11-24-22/h1-6,9,12-13,20-21H,7-8,10-11,14-15H2. The monoisotopic (exact) mass is 317 g/mol. The zero-order chi connectivity index (χ0) is 15.9. The molecule has 0 amide bonds. The van der Waals surface area contributed by atoms with Crippen LogP contribution >= 0.6 is 0 Å². The van der Waals surface area contributed by atoms with Gasteiger partial charge >= 0.3 is 0 Å². The van der Waals surface area contributed by atoms with E-state index in [1.807, 2.05) is 0 Å². The smallest absolute Gasteiger partial charge is 0.122 e. The highest BCUT2D eigenvalue weighted by Gasteiger charge is 2.36. The Morgan fingerprint density at radius 1 is 1.04 bits per heavy atom. The molecule has 3 heterocycles. The quantitative estimate of drug-likeness (QED) is 0.830. The molecule has 2 nitrogen and oxygen atoms in total. The minimum absolute atomic E-state index is 0.600. The number of nitrogens with zero attached hydrogens (tertiary/aromatic N) is 1. The maximum atomic E-state index is 5.65. The fourth-order valence-electron chi connectivity index (χ4n) is 4.56. The number of fused-ring (bicyclic) bond motifs is 3. The van der Waals surface area contributed by atoms with Crippen molar-refractivity contribution in [3.8, 4) is 5.75 Å². The molecule has 24 heavy (non-hydrogen) atoms. The van der Waals surface area contributed by atoms with E-state index in [9.17, 15) is 0 Å². The number of rotatable bonds is 3. The van der Waals surface area contributed by atoms with Gasteiger partial charge in [0.1, 0.15) is 5.75 Å². The van der Waals surface area contributed by atoms with E-state index in [2.05, 4.69) is 59.5 Å². The van der Waals surface area contributed by atoms with Crippen LogP contribution in [0.4, 0.5) is 0 Å². The molecule has 2 aromatic carbocycles. The van der Waals surface area contributed by atoms with Gasteiger partial charge in [0.15, 0.2) is 0 Å². The van der Waals surface area contributed by atoms with Crippen molar-refractivity contribution >= 4 is 5.57 Å². The topological polar surface area (TPSA) is 12.5 Å². The summed E-state index contributed by atoms with van der Waals surface area (Å²) >= 11 is 0. The molecule has 3 aliphatic rings. The number of ether oxygens (including phenoxy) is 1. The van der Waals surface area contributed by atoms with Crippen molar-refractivity contribution in [2.45, 2.75) is 44.3 Å². The molecule has 2 unspecified atom stereocenters. The van der Waals surface area contributed by atoms with Crippen LogP contribution in [-0.2, 0) is 13.0 Å². The third kappa shape index (κ3) is 2.46. The molecule has 0 radical (unpaired) electrons. The summed E-state index contributed by atoms with van der Waals surface area (Å²) in [5.41, 5.74) is 5.77. The second-order valence-electron chi connectivity index (χ2n) is 7.27. The van der Waals surface area contributed by atoms with E-state index in [1.165, 1.54) is 36.0 Å². The Kier molecular flexibility index (Phi) is 3.45. The van der Waals surface area contributed by atoms with Crippen LogP contribution in [0.2, 0.25) is 0 Å². The molecular formula is C22H23NO. The average Bonchev–Trinajstić information content (AvgIpc) is 3.16. The van der Waals surface area contributed by atoms with Gasteiger partial charge in [-0.05, 0) is 53.7 Å².